The van der Waals surface area contributed by atoms with E-state index >= 15 is 0 Å². The Balaban J connectivity index is 2.18. The van der Waals surface area contributed by atoms with Crippen LogP contribution in [0.3, 0.4) is 0 Å². The van der Waals surface area contributed by atoms with Crippen molar-refractivity contribution in [3.63, 3.8) is 0 Å². The quantitative estimate of drug-likeness (QED) is 0.398. The van der Waals surface area contributed by atoms with Gasteiger partial charge >= 0.3 is 5.97 Å². The molecule has 1 heterocycles. The number of carbonyl (C=O) groups is 1. The van der Waals surface area contributed by atoms with E-state index in [1.165, 1.54) is 24.5 Å². The third-order valence-corrected chi connectivity index (χ3v) is 5.27. The molecule has 7 heteroatoms. The van der Waals surface area contributed by atoms with Crippen LogP contribution in [-0.2, 0) is 19.6 Å². The van der Waals surface area contributed by atoms with Gasteiger partial charge in [-0.15, -0.1) is 0 Å². The van der Waals surface area contributed by atoms with E-state index in [0.29, 0.717) is 5.56 Å². The highest BCUT2D eigenvalue weighted by Crippen LogP contribution is 2.17. The van der Waals surface area contributed by atoms with Gasteiger partial charge in [-0.1, -0.05) is 0 Å². The maximum absolute atomic E-state index is 12.5. The molecule has 0 saturated carbocycles. The minimum Gasteiger partial charge on any atom is -0.457 e. The number of rotatable bonds is 4. The maximum atomic E-state index is 12.5. The predicted molar refractivity (Wildman–Crippen MR) is 101 cm³/mol. The molecule has 0 amide bonds. The van der Waals surface area contributed by atoms with Gasteiger partial charge in [0.1, 0.15) is 5.60 Å². The standard InChI is InChI=1S/C17H18INO4S/c1-17(2,3)23-16(20)9-4-13-10-11-19(12-13)24(21,22)15-7-5-14(18)6-8-15/h4-12H,1-3H3. The van der Waals surface area contributed by atoms with Gasteiger partial charge in [0.25, 0.3) is 10.0 Å². The topological polar surface area (TPSA) is 65.4 Å². The van der Waals surface area contributed by atoms with Crippen molar-refractivity contribution >= 4 is 44.7 Å². The molecule has 0 radical (unpaired) electrons. The highest BCUT2D eigenvalue weighted by atomic mass is 127. The monoisotopic (exact) mass is 459 g/mol. The first kappa shape index (κ1) is 18.7. The van der Waals surface area contributed by atoms with Gasteiger partial charge in [0.05, 0.1) is 4.90 Å². The van der Waals surface area contributed by atoms with Crippen LogP contribution >= 0.6 is 22.6 Å². The summed E-state index contributed by atoms with van der Waals surface area (Å²) in [5.41, 5.74) is 0.0246. The molecule has 5 nitrogen and oxygen atoms in total. The lowest BCUT2D eigenvalue weighted by atomic mass is 10.2. The molecule has 0 aliphatic heterocycles. The van der Waals surface area contributed by atoms with Crippen molar-refractivity contribution in [2.45, 2.75) is 31.3 Å². The normalized spacial score (nSPS) is 12.5. The number of esters is 1. The van der Waals surface area contributed by atoms with Gasteiger partial charge in [-0.05, 0) is 85.3 Å². The molecule has 128 valence electrons. The molecule has 0 bridgehead atoms. The molecular weight excluding hydrogens is 441 g/mol. The number of hydrogen-bond donors (Lipinski definition) is 0. The zero-order valence-corrected chi connectivity index (χ0v) is 16.5. The van der Waals surface area contributed by atoms with Crippen LogP contribution in [0.1, 0.15) is 26.3 Å². The van der Waals surface area contributed by atoms with E-state index in [1.54, 1.807) is 51.1 Å². The zero-order valence-electron chi connectivity index (χ0n) is 13.6. The molecular formula is C17H18INO4S. The summed E-state index contributed by atoms with van der Waals surface area (Å²) in [6.45, 7) is 5.34. The molecule has 0 aliphatic carbocycles. The van der Waals surface area contributed by atoms with Crippen molar-refractivity contribution in [1.29, 1.82) is 0 Å². The molecule has 24 heavy (non-hydrogen) atoms. The average Bonchev–Trinajstić information content (AvgIpc) is 2.93. The number of halogens is 1. The van der Waals surface area contributed by atoms with Crippen molar-refractivity contribution in [3.05, 3.63) is 57.9 Å². The number of hydrogen-bond acceptors (Lipinski definition) is 4. The molecule has 0 unspecified atom stereocenters. The number of aromatic nitrogens is 1. The molecule has 0 N–H and O–H groups in total. The van der Waals surface area contributed by atoms with Crippen molar-refractivity contribution in [3.8, 4) is 0 Å². The summed E-state index contributed by atoms with van der Waals surface area (Å²) in [6.07, 6.45) is 5.70. The number of benzene rings is 1. The highest BCUT2D eigenvalue weighted by molar-refractivity contribution is 14.1. The molecule has 0 saturated heterocycles. The summed E-state index contributed by atoms with van der Waals surface area (Å²) >= 11 is 2.11. The molecule has 1 aromatic heterocycles. The smallest absolute Gasteiger partial charge is 0.331 e. The minimum absolute atomic E-state index is 0.209. The zero-order chi connectivity index (χ0) is 18.0. The Morgan fingerprint density at radius 3 is 2.38 bits per heavy atom. The predicted octanol–water partition coefficient (Wildman–Crippen LogP) is 3.68. The third-order valence-electron chi connectivity index (χ3n) is 2.90. The van der Waals surface area contributed by atoms with E-state index in [0.717, 1.165) is 7.54 Å². The Bertz CT molecular complexity index is 859. The van der Waals surface area contributed by atoms with E-state index in [-0.39, 0.29) is 4.90 Å². The Morgan fingerprint density at radius 1 is 1.17 bits per heavy atom. The van der Waals surface area contributed by atoms with Gasteiger partial charge in [-0.2, -0.15) is 0 Å². The first-order valence-corrected chi connectivity index (χ1v) is 9.70. The van der Waals surface area contributed by atoms with Crippen molar-refractivity contribution in [1.82, 2.24) is 3.97 Å². The van der Waals surface area contributed by atoms with Crippen molar-refractivity contribution < 1.29 is 17.9 Å². The van der Waals surface area contributed by atoms with E-state index in [4.69, 9.17) is 4.74 Å². The first-order chi connectivity index (χ1) is 11.1. The van der Waals surface area contributed by atoms with Gasteiger partial charge in [-0.25, -0.2) is 17.2 Å². The van der Waals surface area contributed by atoms with Gasteiger partial charge in [0.2, 0.25) is 0 Å². The summed E-state index contributed by atoms with van der Waals surface area (Å²) in [5.74, 6) is -0.476. The third kappa shape index (κ3) is 4.94. The van der Waals surface area contributed by atoms with Crippen LogP contribution in [0.4, 0.5) is 0 Å². The largest absolute Gasteiger partial charge is 0.457 e. The van der Waals surface area contributed by atoms with Gasteiger partial charge in [-0.3, -0.25) is 0 Å². The molecule has 2 aromatic rings. The highest BCUT2D eigenvalue weighted by Gasteiger charge is 2.17. The Morgan fingerprint density at radius 2 is 1.79 bits per heavy atom. The lowest BCUT2D eigenvalue weighted by Gasteiger charge is -2.17. The molecule has 1 aromatic carbocycles. The fourth-order valence-corrected chi connectivity index (χ4v) is 3.43. The first-order valence-electron chi connectivity index (χ1n) is 7.18. The van der Waals surface area contributed by atoms with E-state index in [2.05, 4.69) is 22.6 Å². The second kappa shape index (κ2) is 7.10. The number of ether oxygens (including phenoxy) is 1. The van der Waals surface area contributed by atoms with E-state index in [9.17, 15) is 13.2 Å². The number of carbonyl (C=O) groups excluding carboxylic acids is 1. The van der Waals surface area contributed by atoms with Gasteiger partial charge in [0.15, 0.2) is 0 Å². The summed E-state index contributed by atoms with van der Waals surface area (Å²) < 4.78 is 32.3. The van der Waals surface area contributed by atoms with Crippen LogP contribution in [-0.4, -0.2) is 24.0 Å². The molecule has 2 rings (SSSR count). The van der Waals surface area contributed by atoms with Crippen LogP contribution in [0.15, 0.2) is 53.7 Å². The molecule has 0 atom stereocenters. The van der Waals surface area contributed by atoms with Gasteiger partial charge in [0, 0.05) is 22.0 Å². The van der Waals surface area contributed by atoms with Gasteiger partial charge < -0.3 is 4.74 Å². The Labute approximate surface area is 155 Å². The lowest BCUT2D eigenvalue weighted by Crippen LogP contribution is -2.22. The Kier molecular flexibility index (Phi) is 5.54. The lowest BCUT2D eigenvalue weighted by molar-refractivity contribution is -0.148. The van der Waals surface area contributed by atoms with E-state index in [1.807, 2.05) is 0 Å². The Hall–Kier alpha value is -1.61. The molecule has 0 spiro atoms. The number of nitrogens with zero attached hydrogens (tertiary/aromatic N) is 1. The summed E-state index contributed by atoms with van der Waals surface area (Å²) in [4.78, 5) is 11.9. The van der Waals surface area contributed by atoms with Crippen molar-refractivity contribution in [2.75, 3.05) is 0 Å². The fraction of sp³-hybridized carbons (Fsp3) is 0.235. The van der Waals surface area contributed by atoms with Crippen LogP contribution in [0.5, 0.6) is 0 Å². The average molecular weight is 459 g/mol. The molecule has 0 fully saturated rings. The summed E-state index contributed by atoms with van der Waals surface area (Å²) in [7, 11) is -3.64. The molecule has 0 aliphatic rings. The SMILES string of the molecule is CC(C)(C)OC(=O)C=Cc1ccn(S(=O)(=O)c2ccc(I)cc2)c1. The van der Waals surface area contributed by atoms with Crippen LogP contribution < -0.4 is 0 Å². The summed E-state index contributed by atoms with van der Waals surface area (Å²) in [5, 5.41) is 0. The van der Waals surface area contributed by atoms with Crippen LogP contribution in [0, 0.1) is 3.57 Å². The summed E-state index contributed by atoms with van der Waals surface area (Å²) in [6, 6.07) is 8.21. The second-order valence-corrected chi connectivity index (χ2v) is 9.19. The maximum Gasteiger partial charge on any atom is 0.331 e. The van der Waals surface area contributed by atoms with Crippen LogP contribution in [0.25, 0.3) is 6.08 Å². The van der Waals surface area contributed by atoms with E-state index < -0.39 is 21.6 Å². The van der Waals surface area contributed by atoms with Crippen LogP contribution in [0.2, 0.25) is 0 Å². The fourth-order valence-electron chi connectivity index (χ4n) is 1.87. The minimum atomic E-state index is -3.64. The second-order valence-electron chi connectivity index (χ2n) is 6.10. The van der Waals surface area contributed by atoms with Crippen molar-refractivity contribution in [2.24, 2.45) is 0 Å².